The normalized spacial score (nSPS) is 25.0. The third kappa shape index (κ3) is 3.31. The number of carbonyl (C=O) groups excluding carboxylic acids is 2. The predicted octanol–water partition coefficient (Wildman–Crippen LogP) is 2.44. The van der Waals surface area contributed by atoms with Crippen LogP contribution in [-0.2, 0) is 22.7 Å². The molecule has 1 aromatic heterocycles. The number of hydrogen-bond donors (Lipinski definition) is 1. The number of rotatable bonds is 6. The summed E-state index contributed by atoms with van der Waals surface area (Å²) in [5.74, 6) is 0.911. The van der Waals surface area contributed by atoms with Gasteiger partial charge < -0.3 is 14.8 Å². The molecule has 140 valence electrons. The second kappa shape index (κ2) is 7.18. The minimum absolute atomic E-state index is 0.0632. The van der Waals surface area contributed by atoms with E-state index < -0.39 is 10.8 Å². The predicted molar refractivity (Wildman–Crippen MR) is 97.7 cm³/mol. The van der Waals surface area contributed by atoms with Crippen molar-refractivity contribution in [1.82, 2.24) is 19.8 Å². The maximum Gasteiger partial charge on any atom is 0.229 e. The fraction of sp³-hybridized carbons (Fsp3) is 0.737. The van der Waals surface area contributed by atoms with Gasteiger partial charge in [0.25, 0.3) is 0 Å². The van der Waals surface area contributed by atoms with E-state index in [1.54, 1.807) is 11.1 Å². The topological polar surface area (TPSA) is 67.2 Å². The molecule has 1 N–H and O–H groups in total. The third-order valence-electron chi connectivity index (χ3n) is 6.23. The zero-order valence-electron chi connectivity index (χ0n) is 16.4. The maximum atomic E-state index is 13.3. The number of aryl methyl sites for hydroxylation is 1. The van der Waals surface area contributed by atoms with Gasteiger partial charge in [0.05, 0.1) is 12.0 Å². The van der Waals surface area contributed by atoms with E-state index in [1.807, 2.05) is 31.7 Å². The highest BCUT2D eigenvalue weighted by atomic mass is 16.2. The standard InChI is InChI=1S/C19H32N4O2/c1-7-20-16(24)14-9-10-19(5,18(14,3)4)17(25)22(6)13-15-21-11-12-23(15)8-2/h11-12,14H,7-10,13H2,1-6H3,(H,20,24)/t14-,19+/m0/s1. The van der Waals surface area contributed by atoms with Gasteiger partial charge in [-0.05, 0) is 32.1 Å². The molecule has 0 unspecified atom stereocenters. The van der Waals surface area contributed by atoms with Crippen LogP contribution in [0.5, 0.6) is 0 Å². The van der Waals surface area contributed by atoms with Crippen molar-refractivity contribution in [2.24, 2.45) is 16.7 Å². The first kappa shape index (κ1) is 19.5. The minimum atomic E-state index is -0.554. The summed E-state index contributed by atoms with van der Waals surface area (Å²) in [6.45, 7) is 12.0. The quantitative estimate of drug-likeness (QED) is 0.858. The lowest BCUT2D eigenvalue weighted by Crippen LogP contribution is -2.49. The summed E-state index contributed by atoms with van der Waals surface area (Å²) in [7, 11) is 1.83. The summed E-state index contributed by atoms with van der Waals surface area (Å²) in [4.78, 5) is 31.9. The van der Waals surface area contributed by atoms with Crippen LogP contribution in [0.2, 0.25) is 0 Å². The van der Waals surface area contributed by atoms with Crippen LogP contribution >= 0.6 is 0 Å². The lowest BCUT2D eigenvalue weighted by Gasteiger charge is -2.42. The van der Waals surface area contributed by atoms with Crippen LogP contribution in [0.4, 0.5) is 0 Å². The summed E-state index contributed by atoms with van der Waals surface area (Å²) >= 11 is 0. The molecule has 0 aromatic carbocycles. The molecule has 6 heteroatoms. The van der Waals surface area contributed by atoms with E-state index in [0.29, 0.717) is 13.1 Å². The summed E-state index contributed by atoms with van der Waals surface area (Å²) in [5.41, 5.74) is -0.946. The molecule has 1 aliphatic rings. The van der Waals surface area contributed by atoms with E-state index in [1.165, 1.54) is 0 Å². The van der Waals surface area contributed by atoms with E-state index in [0.717, 1.165) is 25.2 Å². The van der Waals surface area contributed by atoms with Crippen LogP contribution in [0, 0.1) is 16.7 Å². The van der Waals surface area contributed by atoms with E-state index in [2.05, 4.69) is 31.1 Å². The number of hydrogen-bond acceptors (Lipinski definition) is 3. The summed E-state index contributed by atoms with van der Waals surface area (Å²) in [5, 5.41) is 2.92. The molecule has 1 saturated carbocycles. The van der Waals surface area contributed by atoms with E-state index in [-0.39, 0.29) is 17.7 Å². The van der Waals surface area contributed by atoms with Crippen molar-refractivity contribution in [3.05, 3.63) is 18.2 Å². The lowest BCUT2D eigenvalue weighted by molar-refractivity contribution is -0.148. The number of aromatic nitrogens is 2. The number of nitrogens with zero attached hydrogens (tertiary/aromatic N) is 3. The van der Waals surface area contributed by atoms with Gasteiger partial charge in [-0.15, -0.1) is 0 Å². The van der Waals surface area contributed by atoms with E-state index in [4.69, 9.17) is 0 Å². The monoisotopic (exact) mass is 348 g/mol. The molecule has 2 atom stereocenters. The van der Waals surface area contributed by atoms with Crippen molar-refractivity contribution in [3.63, 3.8) is 0 Å². The number of carbonyl (C=O) groups is 2. The van der Waals surface area contributed by atoms with E-state index in [9.17, 15) is 9.59 Å². The van der Waals surface area contributed by atoms with Gasteiger partial charge in [-0.1, -0.05) is 20.8 Å². The fourth-order valence-electron chi connectivity index (χ4n) is 4.12. The van der Waals surface area contributed by atoms with Crippen LogP contribution in [0.3, 0.4) is 0 Å². The van der Waals surface area contributed by atoms with Crippen LogP contribution in [0.1, 0.15) is 53.3 Å². The molecule has 0 bridgehead atoms. The van der Waals surface area contributed by atoms with Gasteiger partial charge in [0, 0.05) is 38.4 Å². The third-order valence-corrected chi connectivity index (χ3v) is 6.23. The lowest BCUT2D eigenvalue weighted by atomic mass is 9.64. The molecule has 1 aliphatic carbocycles. The van der Waals surface area contributed by atoms with Crippen LogP contribution in [0.15, 0.2) is 12.4 Å². The number of imidazole rings is 1. The Morgan fingerprint density at radius 3 is 2.64 bits per heavy atom. The SMILES string of the molecule is CCNC(=O)[C@@H]1CC[C@](C)(C(=O)N(C)Cc2nccn2CC)C1(C)C. The maximum absolute atomic E-state index is 13.3. The highest BCUT2D eigenvalue weighted by Crippen LogP contribution is 2.56. The molecule has 0 aliphatic heterocycles. The Balaban J connectivity index is 2.18. The molecule has 0 saturated heterocycles. The van der Waals surface area contributed by atoms with E-state index >= 15 is 0 Å². The van der Waals surface area contributed by atoms with Crippen molar-refractivity contribution in [3.8, 4) is 0 Å². The summed E-state index contributed by atoms with van der Waals surface area (Å²) < 4.78 is 2.05. The highest BCUT2D eigenvalue weighted by Gasteiger charge is 2.58. The highest BCUT2D eigenvalue weighted by molar-refractivity contribution is 5.87. The summed E-state index contributed by atoms with van der Waals surface area (Å²) in [6, 6.07) is 0. The Labute approximate surface area is 151 Å². The Hall–Kier alpha value is -1.85. The first-order valence-electron chi connectivity index (χ1n) is 9.22. The van der Waals surface area contributed by atoms with Crippen molar-refractivity contribution in [2.75, 3.05) is 13.6 Å². The minimum Gasteiger partial charge on any atom is -0.356 e. The molecule has 0 spiro atoms. The first-order valence-corrected chi connectivity index (χ1v) is 9.22. The largest absolute Gasteiger partial charge is 0.356 e. The van der Waals surface area contributed by atoms with Gasteiger partial charge in [-0.3, -0.25) is 9.59 Å². The van der Waals surface area contributed by atoms with Crippen molar-refractivity contribution in [1.29, 1.82) is 0 Å². The average Bonchev–Trinajstić information content (AvgIpc) is 3.09. The molecular formula is C19H32N4O2. The fourth-order valence-corrected chi connectivity index (χ4v) is 4.12. The van der Waals surface area contributed by atoms with Gasteiger partial charge in [0.15, 0.2) is 0 Å². The van der Waals surface area contributed by atoms with Crippen LogP contribution in [-0.4, -0.2) is 39.9 Å². The van der Waals surface area contributed by atoms with Crippen molar-refractivity contribution in [2.45, 2.75) is 60.5 Å². The molecule has 25 heavy (non-hydrogen) atoms. The summed E-state index contributed by atoms with van der Waals surface area (Å²) in [6.07, 6.45) is 5.18. The van der Waals surface area contributed by atoms with Gasteiger partial charge in [-0.25, -0.2) is 4.98 Å². The molecule has 2 amide bonds. The molecular weight excluding hydrogens is 316 g/mol. The molecule has 2 rings (SSSR count). The van der Waals surface area contributed by atoms with Crippen LogP contribution < -0.4 is 5.32 Å². The Morgan fingerprint density at radius 1 is 1.36 bits per heavy atom. The zero-order chi connectivity index (χ0) is 18.8. The second-order valence-electron chi connectivity index (χ2n) is 7.83. The van der Waals surface area contributed by atoms with Crippen molar-refractivity contribution >= 4 is 11.8 Å². The Kier molecular flexibility index (Phi) is 5.59. The zero-order valence-corrected chi connectivity index (χ0v) is 16.4. The molecule has 1 heterocycles. The number of nitrogens with one attached hydrogen (secondary N) is 1. The van der Waals surface area contributed by atoms with Gasteiger partial charge >= 0.3 is 0 Å². The van der Waals surface area contributed by atoms with Crippen LogP contribution in [0.25, 0.3) is 0 Å². The first-order chi connectivity index (χ1) is 11.7. The Morgan fingerprint density at radius 2 is 2.04 bits per heavy atom. The second-order valence-corrected chi connectivity index (χ2v) is 7.83. The molecule has 1 fully saturated rings. The smallest absolute Gasteiger partial charge is 0.229 e. The van der Waals surface area contributed by atoms with Gasteiger partial charge in [-0.2, -0.15) is 0 Å². The van der Waals surface area contributed by atoms with Gasteiger partial charge in [0.2, 0.25) is 11.8 Å². The molecule has 0 radical (unpaired) electrons. The molecule has 1 aromatic rings. The molecule has 6 nitrogen and oxygen atoms in total. The average molecular weight is 348 g/mol. The number of amides is 2. The van der Waals surface area contributed by atoms with Gasteiger partial charge in [0.1, 0.15) is 5.82 Å². The Bertz CT molecular complexity index is 637. The van der Waals surface area contributed by atoms with Crippen molar-refractivity contribution < 1.29 is 9.59 Å².